The summed E-state index contributed by atoms with van der Waals surface area (Å²) >= 11 is 0. The normalized spacial score (nSPS) is 18.9. The molecule has 1 aromatic rings. The molecule has 1 aromatic carbocycles. The molecule has 1 aliphatic heterocycles. The molecule has 1 heterocycles. The van der Waals surface area contributed by atoms with Crippen molar-refractivity contribution < 1.29 is 5.11 Å². The Kier molecular flexibility index (Phi) is 5.02. The van der Waals surface area contributed by atoms with E-state index in [1.165, 1.54) is 5.69 Å². The van der Waals surface area contributed by atoms with Crippen molar-refractivity contribution in [2.45, 2.75) is 38.3 Å². The monoisotopic (exact) mass is 248 g/mol. The maximum atomic E-state index is 9.55. The topological polar surface area (TPSA) is 35.5 Å². The molecule has 1 aliphatic rings. The number of piperidine rings is 1. The second kappa shape index (κ2) is 6.76. The van der Waals surface area contributed by atoms with Gasteiger partial charge in [0.2, 0.25) is 0 Å². The van der Waals surface area contributed by atoms with Gasteiger partial charge in [-0.15, -0.1) is 0 Å². The van der Waals surface area contributed by atoms with Crippen LogP contribution in [0.5, 0.6) is 0 Å². The first-order chi connectivity index (χ1) is 8.79. The first-order valence-electron chi connectivity index (χ1n) is 7.01. The summed E-state index contributed by atoms with van der Waals surface area (Å²) in [4.78, 5) is 2.44. The molecule has 0 saturated carbocycles. The molecule has 1 atom stereocenters. The van der Waals surface area contributed by atoms with Gasteiger partial charge in [-0.2, -0.15) is 0 Å². The fourth-order valence-corrected chi connectivity index (χ4v) is 2.43. The Labute approximate surface area is 110 Å². The van der Waals surface area contributed by atoms with Crippen LogP contribution >= 0.6 is 0 Å². The van der Waals surface area contributed by atoms with Gasteiger partial charge in [-0.25, -0.2) is 0 Å². The highest BCUT2D eigenvalue weighted by molar-refractivity contribution is 5.46. The molecule has 3 nitrogen and oxygen atoms in total. The van der Waals surface area contributed by atoms with Gasteiger partial charge in [0.15, 0.2) is 0 Å². The lowest BCUT2D eigenvalue weighted by molar-refractivity contribution is 0.160. The number of rotatable bonds is 5. The van der Waals surface area contributed by atoms with E-state index in [2.05, 4.69) is 40.5 Å². The third-order valence-electron chi connectivity index (χ3n) is 3.73. The summed E-state index contributed by atoms with van der Waals surface area (Å²) in [5, 5.41) is 13.0. The SMILES string of the molecule is CCC(O)CNC1CCN(c2ccccc2)CC1. The number of hydrogen-bond donors (Lipinski definition) is 2. The van der Waals surface area contributed by atoms with Crippen molar-refractivity contribution >= 4 is 5.69 Å². The Morgan fingerprint density at radius 1 is 1.28 bits per heavy atom. The Morgan fingerprint density at radius 2 is 1.94 bits per heavy atom. The molecule has 2 rings (SSSR count). The molecule has 1 unspecified atom stereocenters. The van der Waals surface area contributed by atoms with Crippen molar-refractivity contribution in [1.82, 2.24) is 5.32 Å². The number of nitrogens with one attached hydrogen (secondary N) is 1. The van der Waals surface area contributed by atoms with Crippen LogP contribution in [0.4, 0.5) is 5.69 Å². The molecule has 0 spiro atoms. The summed E-state index contributed by atoms with van der Waals surface area (Å²) in [6.45, 7) is 4.95. The van der Waals surface area contributed by atoms with Crippen LogP contribution in [-0.4, -0.2) is 36.9 Å². The number of anilines is 1. The number of aliphatic hydroxyl groups is 1. The fourth-order valence-electron chi connectivity index (χ4n) is 2.43. The van der Waals surface area contributed by atoms with E-state index in [0.29, 0.717) is 6.04 Å². The summed E-state index contributed by atoms with van der Waals surface area (Å²) in [5.41, 5.74) is 1.32. The van der Waals surface area contributed by atoms with E-state index < -0.39 is 0 Å². The van der Waals surface area contributed by atoms with Crippen LogP contribution in [0.2, 0.25) is 0 Å². The van der Waals surface area contributed by atoms with Gasteiger partial charge in [-0.1, -0.05) is 25.1 Å². The van der Waals surface area contributed by atoms with E-state index >= 15 is 0 Å². The molecule has 1 saturated heterocycles. The minimum Gasteiger partial charge on any atom is -0.392 e. The number of hydrogen-bond acceptors (Lipinski definition) is 3. The highest BCUT2D eigenvalue weighted by Gasteiger charge is 2.19. The van der Waals surface area contributed by atoms with Gasteiger partial charge in [-0.05, 0) is 31.4 Å². The van der Waals surface area contributed by atoms with Gasteiger partial charge in [-0.3, -0.25) is 0 Å². The first-order valence-corrected chi connectivity index (χ1v) is 7.01. The fraction of sp³-hybridized carbons (Fsp3) is 0.600. The van der Waals surface area contributed by atoms with Crippen molar-refractivity contribution in [2.75, 3.05) is 24.5 Å². The van der Waals surface area contributed by atoms with Crippen molar-refractivity contribution in [3.8, 4) is 0 Å². The lowest BCUT2D eigenvalue weighted by Gasteiger charge is -2.34. The van der Waals surface area contributed by atoms with E-state index in [9.17, 15) is 5.11 Å². The molecule has 0 amide bonds. The second-order valence-corrected chi connectivity index (χ2v) is 5.07. The molecule has 100 valence electrons. The van der Waals surface area contributed by atoms with Gasteiger partial charge < -0.3 is 15.3 Å². The molecule has 0 aliphatic carbocycles. The van der Waals surface area contributed by atoms with Crippen LogP contribution in [0.3, 0.4) is 0 Å². The van der Waals surface area contributed by atoms with E-state index in [4.69, 9.17) is 0 Å². The Bertz CT molecular complexity index is 334. The lowest BCUT2D eigenvalue weighted by Crippen LogP contribution is -2.44. The zero-order chi connectivity index (χ0) is 12.8. The molecular weight excluding hydrogens is 224 g/mol. The van der Waals surface area contributed by atoms with Gasteiger partial charge in [0.25, 0.3) is 0 Å². The summed E-state index contributed by atoms with van der Waals surface area (Å²) in [5.74, 6) is 0. The zero-order valence-electron chi connectivity index (χ0n) is 11.2. The number of para-hydroxylation sites is 1. The molecule has 0 aromatic heterocycles. The largest absolute Gasteiger partial charge is 0.392 e. The highest BCUT2D eigenvalue weighted by atomic mass is 16.3. The average molecular weight is 248 g/mol. The van der Waals surface area contributed by atoms with Crippen LogP contribution in [0.25, 0.3) is 0 Å². The smallest absolute Gasteiger partial charge is 0.0662 e. The standard InChI is InChI=1S/C15H24N2O/c1-2-15(18)12-16-13-8-10-17(11-9-13)14-6-4-3-5-7-14/h3-7,13,15-16,18H,2,8-12H2,1H3. The average Bonchev–Trinajstić information content (AvgIpc) is 2.46. The van der Waals surface area contributed by atoms with E-state index in [0.717, 1.165) is 38.9 Å². The molecule has 3 heteroatoms. The Morgan fingerprint density at radius 3 is 2.56 bits per heavy atom. The highest BCUT2D eigenvalue weighted by Crippen LogP contribution is 2.19. The van der Waals surface area contributed by atoms with Crippen molar-refractivity contribution in [3.63, 3.8) is 0 Å². The molecular formula is C15H24N2O. The van der Waals surface area contributed by atoms with Gasteiger partial charge in [0.05, 0.1) is 6.10 Å². The number of aliphatic hydroxyl groups excluding tert-OH is 1. The van der Waals surface area contributed by atoms with Crippen LogP contribution in [0.15, 0.2) is 30.3 Å². The Hall–Kier alpha value is -1.06. The van der Waals surface area contributed by atoms with Crippen LogP contribution in [0, 0.1) is 0 Å². The van der Waals surface area contributed by atoms with E-state index in [1.807, 2.05) is 6.92 Å². The summed E-state index contributed by atoms with van der Waals surface area (Å²) in [7, 11) is 0. The minimum absolute atomic E-state index is 0.197. The van der Waals surface area contributed by atoms with E-state index in [1.54, 1.807) is 0 Å². The molecule has 2 N–H and O–H groups in total. The van der Waals surface area contributed by atoms with Gasteiger partial charge >= 0.3 is 0 Å². The maximum Gasteiger partial charge on any atom is 0.0662 e. The predicted molar refractivity (Wildman–Crippen MR) is 76.0 cm³/mol. The van der Waals surface area contributed by atoms with Crippen molar-refractivity contribution in [1.29, 1.82) is 0 Å². The third-order valence-corrected chi connectivity index (χ3v) is 3.73. The maximum absolute atomic E-state index is 9.55. The number of benzene rings is 1. The first kappa shape index (κ1) is 13.4. The van der Waals surface area contributed by atoms with Crippen molar-refractivity contribution in [3.05, 3.63) is 30.3 Å². The number of nitrogens with zero attached hydrogens (tertiary/aromatic N) is 1. The van der Waals surface area contributed by atoms with Crippen molar-refractivity contribution in [2.24, 2.45) is 0 Å². The predicted octanol–water partition coefficient (Wildman–Crippen LogP) is 2.02. The molecule has 0 bridgehead atoms. The third kappa shape index (κ3) is 3.72. The molecule has 18 heavy (non-hydrogen) atoms. The van der Waals surface area contributed by atoms with Crippen LogP contribution in [0.1, 0.15) is 26.2 Å². The minimum atomic E-state index is -0.197. The van der Waals surface area contributed by atoms with E-state index in [-0.39, 0.29) is 6.10 Å². The molecule has 1 fully saturated rings. The van der Waals surface area contributed by atoms with Crippen LogP contribution < -0.4 is 10.2 Å². The second-order valence-electron chi connectivity index (χ2n) is 5.07. The summed E-state index contributed by atoms with van der Waals surface area (Å²) < 4.78 is 0. The Balaban J connectivity index is 1.75. The zero-order valence-corrected chi connectivity index (χ0v) is 11.2. The van der Waals surface area contributed by atoms with Gasteiger partial charge in [0.1, 0.15) is 0 Å². The molecule has 0 radical (unpaired) electrons. The lowest BCUT2D eigenvalue weighted by atomic mass is 10.0. The van der Waals surface area contributed by atoms with Gasteiger partial charge in [0, 0.05) is 31.4 Å². The summed E-state index contributed by atoms with van der Waals surface area (Å²) in [6.07, 6.45) is 2.95. The quantitative estimate of drug-likeness (QED) is 0.837. The summed E-state index contributed by atoms with van der Waals surface area (Å²) in [6, 6.07) is 11.2. The van der Waals surface area contributed by atoms with Crippen LogP contribution in [-0.2, 0) is 0 Å².